The van der Waals surface area contributed by atoms with Gasteiger partial charge >= 0.3 is 21.1 Å². The molecule has 2 atom stereocenters. The van der Waals surface area contributed by atoms with Crippen LogP contribution in [0.4, 0.5) is 0 Å². The van der Waals surface area contributed by atoms with Crippen molar-refractivity contribution >= 4 is 58.3 Å². The maximum Gasteiger partial charge on any atom is 4.00 e. The van der Waals surface area contributed by atoms with Gasteiger partial charge in [0.15, 0.2) is 17.3 Å². The summed E-state index contributed by atoms with van der Waals surface area (Å²) in [7, 11) is 0. The predicted molar refractivity (Wildman–Crippen MR) is 492 cm³/mol. The van der Waals surface area contributed by atoms with Crippen LogP contribution < -0.4 is 41.3 Å². The fourth-order valence-electron chi connectivity index (χ4n) is 14.3. The SMILES string of the molecule is CC(=O)C=C(C)O.CC(=O)C=C(C)O.CC(=O)C=C(C)O.CCc1c2[n-]c(c1CC)C=c1[n-]c(c(CC)c1CC)=Cc1[n-]c(c(CC)c1CC)C=c1[n-]c(c(CC)c1CC)=C2.Cc1c[c-]c(-c2ccccn2)cc1.[Ir].[Ir].[Ir].[Ir].[Pt+4].[c-]1ccc2ccccc2c1C1=NC2C=CC=CC2O1.[c-]1ccccc1-c1ccccn1.[c-]1ccccc1-c1ncc(-c2ccccc2)o1. The summed E-state index contributed by atoms with van der Waals surface area (Å²) < 4.78 is 11.7. The molecule has 3 N–H and O–H groups in total. The molecule has 6 aromatic carbocycles. The first-order valence-electron chi connectivity index (χ1n) is 41.5. The number of ether oxygens (including phenoxy) is 1. The zero-order chi connectivity index (χ0) is 87.6. The first kappa shape index (κ1) is 109. The number of carbonyl (C=O) groups is 3. The van der Waals surface area contributed by atoms with Crippen LogP contribution in [-0.2, 0) is 172 Å². The third-order valence-electron chi connectivity index (χ3n) is 19.6. The monoisotopic (exact) mass is 2590 g/mol. The molecule has 13 aromatic rings. The molecule has 0 saturated carbocycles. The van der Waals surface area contributed by atoms with E-state index < -0.39 is 0 Å². The van der Waals surface area contributed by atoms with Crippen LogP contribution >= 0.6 is 0 Å². The number of aliphatic imine (C=N–C) groups is 1. The van der Waals surface area contributed by atoms with Crippen LogP contribution in [0.15, 0.2) is 258 Å². The van der Waals surface area contributed by atoms with Crippen molar-refractivity contribution in [2.45, 2.75) is 167 Å². The summed E-state index contributed by atoms with van der Waals surface area (Å²) in [5.74, 6) is 1.89. The van der Waals surface area contributed by atoms with E-state index in [0.717, 1.165) is 146 Å². The Labute approximate surface area is 816 Å². The van der Waals surface area contributed by atoms with Gasteiger partial charge in [0.25, 0.3) is 0 Å². The zero-order valence-electron chi connectivity index (χ0n) is 74.2. The summed E-state index contributed by atoms with van der Waals surface area (Å²) in [6.07, 6.45) is 33.6. The minimum Gasteiger partial charge on any atom is -0.657 e. The van der Waals surface area contributed by atoms with E-state index in [0.29, 0.717) is 11.8 Å². The Morgan fingerprint density at radius 2 is 0.835 bits per heavy atom. The number of benzene rings is 6. The Hall–Kier alpha value is -10.4. The number of oxazole rings is 1. The van der Waals surface area contributed by atoms with E-state index in [2.05, 4.69) is 161 Å². The smallest absolute Gasteiger partial charge is 0.657 e. The number of nitrogens with zero attached hydrogens (tertiary/aromatic N) is 8. The molecule has 8 bridgehead atoms. The van der Waals surface area contributed by atoms with E-state index in [1.807, 2.05) is 164 Å². The van der Waals surface area contributed by atoms with Crippen molar-refractivity contribution in [1.29, 1.82) is 0 Å². The van der Waals surface area contributed by atoms with E-state index in [1.54, 1.807) is 18.6 Å². The van der Waals surface area contributed by atoms with Crippen LogP contribution in [-0.4, -0.2) is 65.7 Å². The summed E-state index contributed by atoms with van der Waals surface area (Å²) in [5.41, 5.74) is 23.0. The third-order valence-corrected chi connectivity index (χ3v) is 19.6. The summed E-state index contributed by atoms with van der Waals surface area (Å²) >= 11 is 0. The van der Waals surface area contributed by atoms with Gasteiger partial charge in [0.2, 0.25) is 0 Å². The number of fused-ring (bicyclic) bond motifs is 10. The van der Waals surface area contributed by atoms with Gasteiger partial charge in [0, 0.05) is 117 Å². The number of rotatable bonds is 16. The molecular weight excluding hydrogens is 2480 g/mol. The Bertz CT molecular complexity index is 5680. The molecule has 670 valence electrons. The van der Waals surface area contributed by atoms with Crippen LogP contribution in [0, 0.1) is 31.2 Å². The second kappa shape index (κ2) is 56.0. The maximum absolute atomic E-state index is 10.0. The molecule has 3 aliphatic rings. The van der Waals surface area contributed by atoms with E-state index in [-0.39, 0.29) is 148 Å². The molecule has 7 aromatic heterocycles. The van der Waals surface area contributed by atoms with Gasteiger partial charge in [-0.2, -0.15) is 0 Å². The Morgan fingerprint density at radius 3 is 1.21 bits per heavy atom. The molecular formula is C106H108Ir4N8O8Pt-4. The molecule has 16 nitrogen and oxygen atoms in total. The van der Waals surface area contributed by atoms with Gasteiger partial charge in [0.05, 0.1) is 23.5 Å². The number of aliphatic hydroxyl groups is 3. The average Bonchev–Trinajstić information content (AvgIpc) is 1.62. The van der Waals surface area contributed by atoms with Crippen LogP contribution in [0.5, 0.6) is 0 Å². The normalized spacial score (nSPS) is 12.8. The van der Waals surface area contributed by atoms with Gasteiger partial charge in [-0.1, -0.05) is 245 Å². The van der Waals surface area contributed by atoms with E-state index in [1.165, 1.54) is 115 Å². The van der Waals surface area contributed by atoms with Gasteiger partial charge < -0.3 is 54.4 Å². The average molecular weight is 2590 g/mol. The number of hydrogen-bond donors (Lipinski definition) is 3. The van der Waals surface area contributed by atoms with Crippen LogP contribution in [0.2, 0.25) is 0 Å². The Morgan fingerprint density at radius 1 is 0.425 bits per heavy atom. The first-order chi connectivity index (χ1) is 59.0. The van der Waals surface area contributed by atoms with Crippen molar-refractivity contribution in [2.75, 3.05) is 0 Å². The molecule has 9 heterocycles. The van der Waals surface area contributed by atoms with E-state index in [4.69, 9.17) is 44.4 Å². The number of carbonyl (C=O) groups excluding carboxylic acids is 3. The summed E-state index contributed by atoms with van der Waals surface area (Å²) in [5, 5.41) is 31.6. The van der Waals surface area contributed by atoms with Crippen molar-refractivity contribution in [3.63, 3.8) is 0 Å². The molecule has 21 heteroatoms. The van der Waals surface area contributed by atoms with Gasteiger partial charge in [-0.25, -0.2) is 0 Å². The fraction of sp³-hybridized carbons (Fsp3) is 0.236. The summed E-state index contributed by atoms with van der Waals surface area (Å²) in [6, 6.07) is 68.2. The fourth-order valence-corrected chi connectivity index (χ4v) is 14.3. The van der Waals surface area contributed by atoms with Crippen LogP contribution in [0.3, 0.4) is 0 Å². The molecule has 127 heavy (non-hydrogen) atoms. The largest absolute Gasteiger partial charge is 4.00 e. The number of aryl methyl sites for hydroxylation is 1. The summed E-state index contributed by atoms with van der Waals surface area (Å²) in [4.78, 5) is 68.4. The molecule has 16 rings (SSSR count). The van der Waals surface area contributed by atoms with Crippen LogP contribution in [0.1, 0.15) is 175 Å². The van der Waals surface area contributed by atoms with Gasteiger partial charge in [-0.3, -0.25) is 24.4 Å². The third kappa shape index (κ3) is 31.8. The molecule has 4 radical (unpaired) electrons. The molecule has 0 fully saturated rings. The van der Waals surface area contributed by atoms with Crippen molar-refractivity contribution in [3.05, 3.63) is 372 Å². The number of allylic oxidation sites excluding steroid dienone is 8. The topological polar surface area (TPSA) is 242 Å². The van der Waals surface area contributed by atoms with Crippen molar-refractivity contribution < 1.29 is 140 Å². The molecule has 0 saturated heterocycles. The first-order valence-corrected chi connectivity index (χ1v) is 41.5. The van der Waals surface area contributed by atoms with Crippen LogP contribution in [0.25, 0.3) is 80.4 Å². The minimum atomic E-state index is -0.125. The molecule has 0 spiro atoms. The molecule has 1 aliphatic carbocycles. The van der Waals surface area contributed by atoms with E-state index >= 15 is 0 Å². The predicted octanol–water partition coefficient (Wildman–Crippen LogP) is 19.2. The second-order valence-corrected chi connectivity index (χ2v) is 28.8. The number of aliphatic hydroxyl groups excluding tert-OH is 3. The molecule has 2 unspecified atom stereocenters. The standard InChI is InChI=1S/C36H44N4.C17H12NO.C15H10NO.C12H10N.C11H8N.3C5H8O2.4Ir.Pt/c1-9-21-22(10-2)30-18-32-25(13-5)26(14-6)34(39-32)20-36-28(16-8)27(15-7)35(40-36)19-33-24(12-4)23(11-3)31(38-33)17-29(21)37-30;1-2-8-13-12(6-1)7-5-9-14(13)17-18-15-10-3-4-11-16(15)19-17;1-3-7-12(8-4-1)14-11-16-15(17-14)13-9-5-2-6-10-13;1-10-5-7-11(8-6-10)12-4-2-3-9-13-12;1-2-6-10(7-3-1)11-8-4-5-9-12-11;3*1-4(6)3-5(2)7;;;;;/h17-20H,9-16H2,1-8H3;1-8,10-11,15-16H;1-9,11H;2-7,9H,1H3;1-6,8-9H;3*3,6H,1-2H3;;;;;/q-4;4*-1;;;;;;;;+4. The van der Waals surface area contributed by atoms with Gasteiger partial charge in [-0.15, -0.1) is 169 Å². The van der Waals surface area contributed by atoms with E-state index in [9.17, 15) is 14.4 Å². The Kier molecular flexibility index (Phi) is 48.0. The van der Waals surface area contributed by atoms with Crippen molar-refractivity contribution in [1.82, 2.24) is 34.9 Å². The number of ketones is 3. The minimum absolute atomic E-state index is 0. The van der Waals surface area contributed by atoms with Gasteiger partial charge in [-0.05, 0) is 123 Å². The number of hydrogen-bond acceptors (Lipinski definition) is 12. The van der Waals surface area contributed by atoms with Crippen molar-refractivity contribution in [3.8, 4) is 45.3 Å². The molecule has 0 amide bonds. The van der Waals surface area contributed by atoms with Crippen molar-refractivity contribution in [2.24, 2.45) is 4.99 Å². The summed E-state index contributed by atoms with van der Waals surface area (Å²) in [6.45, 7) is 28.5. The number of aromatic nitrogens is 7. The van der Waals surface area contributed by atoms with Gasteiger partial charge in [0.1, 0.15) is 29.7 Å². The number of pyridine rings is 2. The quantitative estimate of drug-likeness (QED) is 0.0463. The Balaban J connectivity index is 0.000000330. The molecule has 2 aliphatic heterocycles. The maximum atomic E-state index is 10.0. The second-order valence-electron chi connectivity index (χ2n) is 28.8. The zero-order valence-corrected chi connectivity index (χ0v) is 86.0.